The Morgan fingerprint density at radius 3 is 2.28 bits per heavy atom. The van der Waals surface area contributed by atoms with Gasteiger partial charge in [0.2, 0.25) is 5.91 Å². The lowest BCUT2D eigenvalue weighted by Crippen LogP contribution is -2.38. The molecule has 0 saturated carbocycles. The number of nitrogens with zero attached hydrogens (tertiary/aromatic N) is 4. The molecule has 32 heavy (non-hydrogen) atoms. The number of benzene rings is 2. The minimum Gasteiger partial charge on any atom is -0.292 e. The molecule has 3 aromatic rings. The summed E-state index contributed by atoms with van der Waals surface area (Å²) in [6.07, 6.45) is 4.68. The summed E-state index contributed by atoms with van der Waals surface area (Å²) in [5.41, 5.74) is 4.57. The van der Waals surface area contributed by atoms with Crippen LogP contribution in [0.2, 0.25) is 0 Å². The van der Waals surface area contributed by atoms with Crippen LogP contribution in [-0.4, -0.2) is 27.3 Å². The van der Waals surface area contributed by atoms with Crippen LogP contribution in [0.5, 0.6) is 0 Å². The van der Waals surface area contributed by atoms with Gasteiger partial charge in [-0.15, -0.1) is 0 Å². The molecule has 3 heterocycles. The van der Waals surface area contributed by atoms with Crippen molar-refractivity contribution >= 4 is 11.7 Å². The lowest BCUT2D eigenvalue weighted by atomic mass is 9.98. The van der Waals surface area contributed by atoms with Crippen molar-refractivity contribution in [3.05, 3.63) is 88.9 Å². The Balaban J connectivity index is 1.48. The molecule has 1 atom stereocenters. The number of rotatable bonds is 5. The number of anilines is 1. The highest BCUT2D eigenvalue weighted by atomic mass is 16.2. The first-order chi connectivity index (χ1) is 15.7. The van der Waals surface area contributed by atoms with Gasteiger partial charge in [-0.3, -0.25) is 14.6 Å². The van der Waals surface area contributed by atoms with E-state index in [1.54, 1.807) is 0 Å². The largest absolute Gasteiger partial charge is 0.292 e. The van der Waals surface area contributed by atoms with Gasteiger partial charge < -0.3 is 0 Å². The number of hydrogen-bond acceptors (Lipinski definition) is 4. The Bertz CT molecular complexity index is 1080. The van der Waals surface area contributed by atoms with E-state index in [1.165, 1.54) is 18.4 Å². The Kier molecular flexibility index (Phi) is 5.99. The van der Waals surface area contributed by atoms with Gasteiger partial charge in [0.25, 0.3) is 0 Å². The van der Waals surface area contributed by atoms with Gasteiger partial charge in [0, 0.05) is 24.2 Å². The van der Waals surface area contributed by atoms with Crippen molar-refractivity contribution in [3.8, 4) is 0 Å². The summed E-state index contributed by atoms with van der Waals surface area (Å²) in [5.74, 6) is 1.83. The molecule has 2 aromatic carbocycles. The van der Waals surface area contributed by atoms with E-state index < -0.39 is 0 Å². The first-order valence-electron chi connectivity index (χ1n) is 11.7. The number of aromatic nitrogens is 2. The van der Waals surface area contributed by atoms with Crippen LogP contribution in [0.1, 0.15) is 59.9 Å². The number of piperidine rings is 1. The molecule has 2 aliphatic heterocycles. The Morgan fingerprint density at radius 2 is 1.56 bits per heavy atom. The van der Waals surface area contributed by atoms with Crippen LogP contribution in [0.25, 0.3) is 0 Å². The number of fused-ring (bicyclic) bond motifs is 1. The Labute approximate surface area is 190 Å². The van der Waals surface area contributed by atoms with E-state index in [2.05, 4.69) is 54.3 Å². The van der Waals surface area contributed by atoms with E-state index in [-0.39, 0.29) is 11.9 Å². The molecular formula is C27H30N4O. The summed E-state index contributed by atoms with van der Waals surface area (Å²) in [7, 11) is 0. The van der Waals surface area contributed by atoms with Crippen LogP contribution in [0, 0.1) is 6.92 Å². The van der Waals surface area contributed by atoms with E-state index >= 15 is 0 Å². The SMILES string of the molecule is Cc1nc([C@@H]2CCCCN2Cc2ccccc2)nc2c1CCC(=O)N2Cc1ccccc1. The van der Waals surface area contributed by atoms with Gasteiger partial charge in [-0.2, -0.15) is 0 Å². The van der Waals surface area contributed by atoms with Crippen molar-refractivity contribution in [1.82, 2.24) is 14.9 Å². The molecule has 2 aliphatic rings. The van der Waals surface area contributed by atoms with Gasteiger partial charge in [-0.05, 0) is 43.9 Å². The number of amides is 1. The topological polar surface area (TPSA) is 49.3 Å². The fourth-order valence-corrected chi connectivity index (χ4v) is 4.97. The van der Waals surface area contributed by atoms with Crippen molar-refractivity contribution in [2.24, 2.45) is 0 Å². The molecule has 0 bridgehead atoms. The zero-order valence-corrected chi connectivity index (χ0v) is 18.7. The van der Waals surface area contributed by atoms with Gasteiger partial charge >= 0.3 is 0 Å². The minimum absolute atomic E-state index is 0.148. The lowest BCUT2D eigenvalue weighted by molar-refractivity contribution is -0.119. The van der Waals surface area contributed by atoms with Gasteiger partial charge in [-0.1, -0.05) is 67.1 Å². The van der Waals surface area contributed by atoms with E-state index in [0.29, 0.717) is 13.0 Å². The summed E-state index contributed by atoms with van der Waals surface area (Å²) in [6.45, 7) is 4.58. The first-order valence-corrected chi connectivity index (χ1v) is 11.7. The Morgan fingerprint density at radius 1 is 0.875 bits per heavy atom. The maximum atomic E-state index is 12.9. The van der Waals surface area contributed by atoms with Crippen molar-refractivity contribution in [2.45, 2.75) is 58.2 Å². The quantitative estimate of drug-likeness (QED) is 0.577. The summed E-state index contributed by atoms with van der Waals surface area (Å²) in [4.78, 5) is 27.3. The summed E-state index contributed by atoms with van der Waals surface area (Å²) >= 11 is 0. The van der Waals surface area contributed by atoms with Gasteiger partial charge in [0.1, 0.15) is 11.6 Å². The average molecular weight is 427 g/mol. The highest BCUT2D eigenvalue weighted by molar-refractivity contribution is 5.95. The van der Waals surface area contributed by atoms with E-state index in [1.807, 2.05) is 23.1 Å². The third-order valence-corrected chi connectivity index (χ3v) is 6.68. The third kappa shape index (κ3) is 4.30. The average Bonchev–Trinajstić information content (AvgIpc) is 2.82. The maximum absolute atomic E-state index is 12.9. The molecule has 164 valence electrons. The standard InChI is InChI=1S/C27H30N4O/c1-20-23-15-16-25(32)31(19-22-12-6-3-7-13-22)27(23)29-26(28-20)24-14-8-9-17-30(24)18-21-10-4-2-5-11-21/h2-7,10-13,24H,8-9,14-19H2,1H3/t24-/m0/s1. The maximum Gasteiger partial charge on any atom is 0.228 e. The number of likely N-dealkylation sites (tertiary alicyclic amines) is 1. The van der Waals surface area contributed by atoms with Crippen molar-refractivity contribution in [1.29, 1.82) is 0 Å². The van der Waals surface area contributed by atoms with Crippen molar-refractivity contribution < 1.29 is 4.79 Å². The molecule has 0 spiro atoms. The van der Waals surface area contributed by atoms with E-state index in [0.717, 1.165) is 54.4 Å². The number of aryl methyl sites for hydroxylation is 1. The van der Waals surface area contributed by atoms with Crippen LogP contribution in [0.4, 0.5) is 5.82 Å². The van der Waals surface area contributed by atoms with Crippen LogP contribution >= 0.6 is 0 Å². The summed E-state index contributed by atoms with van der Waals surface area (Å²) < 4.78 is 0. The smallest absolute Gasteiger partial charge is 0.228 e. The molecule has 0 aliphatic carbocycles. The van der Waals surface area contributed by atoms with E-state index in [4.69, 9.17) is 9.97 Å². The second-order valence-corrected chi connectivity index (χ2v) is 8.90. The van der Waals surface area contributed by atoms with Gasteiger partial charge in [0.05, 0.1) is 12.6 Å². The number of carbonyl (C=O) groups excluding carboxylic acids is 1. The number of carbonyl (C=O) groups is 1. The summed E-state index contributed by atoms with van der Waals surface area (Å²) in [5, 5.41) is 0. The molecule has 0 N–H and O–H groups in total. The van der Waals surface area contributed by atoms with Crippen LogP contribution in [-0.2, 0) is 24.3 Å². The predicted octanol–water partition coefficient (Wildman–Crippen LogP) is 4.99. The highest BCUT2D eigenvalue weighted by Crippen LogP contribution is 2.35. The fourth-order valence-electron chi connectivity index (χ4n) is 4.97. The molecule has 1 amide bonds. The lowest BCUT2D eigenvalue weighted by Gasteiger charge is -2.36. The van der Waals surface area contributed by atoms with Crippen LogP contribution in [0.3, 0.4) is 0 Å². The predicted molar refractivity (Wildman–Crippen MR) is 126 cm³/mol. The minimum atomic E-state index is 0.148. The second-order valence-electron chi connectivity index (χ2n) is 8.90. The fraction of sp³-hybridized carbons (Fsp3) is 0.370. The number of hydrogen-bond donors (Lipinski definition) is 0. The molecular weight excluding hydrogens is 396 g/mol. The molecule has 5 nitrogen and oxygen atoms in total. The molecule has 1 fully saturated rings. The zero-order valence-electron chi connectivity index (χ0n) is 18.7. The molecule has 0 unspecified atom stereocenters. The van der Waals surface area contributed by atoms with Crippen molar-refractivity contribution in [2.75, 3.05) is 11.4 Å². The second kappa shape index (κ2) is 9.21. The molecule has 5 heteroatoms. The third-order valence-electron chi connectivity index (χ3n) is 6.68. The molecule has 1 saturated heterocycles. The van der Waals surface area contributed by atoms with Crippen LogP contribution < -0.4 is 4.90 Å². The van der Waals surface area contributed by atoms with E-state index in [9.17, 15) is 4.79 Å². The normalized spacial score (nSPS) is 19.1. The zero-order chi connectivity index (χ0) is 21.9. The molecule has 1 aromatic heterocycles. The van der Waals surface area contributed by atoms with Gasteiger partial charge in [-0.25, -0.2) is 9.97 Å². The molecule has 0 radical (unpaired) electrons. The Hall–Kier alpha value is -3.05. The van der Waals surface area contributed by atoms with Crippen molar-refractivity contribution in [3.63, 3.8) is 0 Å². The first kappa shape index (κ1) is 20.8. The summed E-state index contributed by atoms with van der Waals surface area (Å²) in [6, 6.07) is 21.0. The molecule has 5 rings (SSSR count). The van der Waals surface area contributed by atoms with Gasteiger partial charge in [0.15, 0.2) is 0 Å². The monoisotopic (exact) mass is 426 g/mol. The van der Waals surface area contributed by atoms with Crippen LogP contribution in [0.15, 0.2) is 60.7 Å². The highest BCUT2D eigenvalue weighted by Gasteiger charge is 2.32.